The summed E-state index contributed by atoms with van der Waals surface area (Å²) in [5.74, 6) is -5.50. The van der Waals surface area contributed by atoms with Gasteiger partial charge in [-0.15, -0.1) is 0 Å². The van der Waals surface area contributed by atoms with Crippen LogP contribution in [0.3, 0.4) is 0 Å². The Bertz CT molecular complexity index is 574. The lowest BCUT2D eigenvalue weighted by Crippen LogP contribution is -2.46. The molecule has 3 nitrogen and oxygen atoms in total. The zero-order chi connectivity index (χ0) is 16.9. The Morgan fingerprint density at radius 2 is 1.86 bits per heavy atom. The van der Waals surface area contributed by atoms with E-state index in [1.165, 1.54) is 6.92 Å². The molecule has 0 bridgehead atoms. The van der Waals surface area contributed by atoms with E-state index in [1.807, 2.05) is 0 Å². The number of rotatable bonds is 2. The second-order valence-electron chi connectivity index (χ2n) is 5.41. The summed E-state index contributed by atoms with van der Waals surface area (Å²) in [5, 5.41) is 9.90. The average Bonchev–Trinajstić information content (AvgIpc) is 2.64. The second kappa shape index (κ2) is 5.34. The predicted octanol–water partition coefficient (Wildman–Crippen LogP) is 3.36. The first-order chi connectivity index (χ1) is 10.0. The van der Waals surface area contributed by atoms with Crippen molar-refractivity contribution in [1.82, 2.24) is 0 Å². The summed E-state index contributed by atoms with van der Waals surface area (Å²) >= 11 is 0. The topological polar surface area (TPSA) is 38.7 Å². The first kappa shape index (κ1) is 17.0. The van der Waals surface area contributed by atoms with E-state index in [1.54, 1.807) is 0 Å². The maximum atomic E-state index is 13.8. The van der Waals surface area contributed by atoms with Gasteiger partial charge < -0.3 is 14.6 Å². The lowest BCUT2D eigenvalue weighted by Gasteiger charge is -2.31. The number of benzene rings is 1. The molecule has 124 valence electrons. The molecule has 22 heavy (non-hydrogen) atoms. The lowest BCUT2D eigenvalue weighted by molar-refractivity contribution is -0.291. The maximum absolute atomic E-state index is 13.8. The molecule has 1 unspecified atom stereocenters. The van der Waals surface area contributed by atoms with Gasteiger partial charge in [-0.1, -0.05) is 13.0 Å². The maximum Gasteiger partial charge on any atom is 0.417 e. The van der Waals surface area contributed by atoms with E-state index in [9.17, 15) is 27.1 Å². The summed E-state index contributed by atoms with van der Waals surface area (Å²) < 4.78 is 76.0. The van der Waals surface area contributed by atoms with Gasteiger partial charge in [0.05, 0.1) is 7.11 Å². The normalized spacial score (nSPS) is 32.3. The summed E-state index contributed by atoms with van der Waals surface area (Å²) in [5.41, 5.74) is -2.68. The smallest absolute Gasteiger partial charge is 0.417 e. The molecule has 0 amide bonds. The monoisotopic (exact) mass is 326 g/mol. The Morgan fingerprint density at radius 3 is 2.32 bits per heavy atom. The standard InChI is InChI=1S/C14H15F5O3/c1-6-9(12(20)22-13(6,2)14(17,18)19)7-4-5-8(15)10(16)11(7)21-3/h4-6,9,12,20H,1-3H3/t6-,9-,12?,13+/m0/s1. The van der Waals surface area contributed by atoms with Crippen molar-refractivity contribution in [3.63, 3.8) is 0 Å². The molecule has 0 radical (unpaired) electrons. The summed E-state index contributed by atoms with van der Waals surface area (Å²) in [7, 11) is 1.07. The highest BCUT2D eigenvalue weighted by Gasteiger charge is 2.64. The molecule has 1 aromatic rings. The number of aliphatic hydroxyl groups is 1. The van der Waals surface area contributed by atoms with Crippen LogP contribution >= 0.6 is 0 Å². The Morgan fingerprint density at radius 1 is 1.27 bits per heavy atom. The molecule has 0 aromatic heterocycles. The highest BCUT2D eigenvalue weighted by Crippen LogP contribution is 2.54. The molecule has 1 aromatic carbocycles. The van der Waals surface area contributed by atoms with Gasteiger partial charge in [-0.25, -0.2) is 4.39 Å². The Hall–Kier alpha value is -1.41. The van der Waals surface area contributed by atoms with Crippen LogP contribution in [0, 0.1) is 17.6 Å². The Labute approximate surface area is 123 Å². The molecule has 0 spiro atoms. The van der Waals surface area contributed by atoms with Crippen molar-refractivity contribution >= 4 is 0 Å². The molecule has 4 atom stereocenters. The minimum atomic E-state index is -4.73. The fourth-order valence-corrected chi connectivity index (χ4v) is 2.79. The number of aliphatic hydroxyl groups excluding tert-OH is 1. The molecule has 0 aliphatic carbocycles. The van der Waals surface area contributed by atoms with Crippen LogP contribution in [0.5, 0.6) is 5.75 Å². The van der Waals surface area contributed by atoms with E-state index in [2.05, 4.69) is 0 Å². The molecule has 8 heteroatoms. The number of hydrogen-bond donors (Lipinski definition) is 1. The summed E-state index contributed by atoms with van der Waals surface area (Å²) in [6, 6.07) is 1.86. The van der Waals surface area contributed by atoms with Gasteiger partial charge >= 0.3 is 6.18 Å². The summed E-state index contributed by atoms with van der Waals surface area (Å²) in [6.07, 6.45) is -6.55. The molecule has 2 rings (SSSR count). The van der Waals surface area contributed by atoms with Crippen molar-refractivity contribution in [3.05, 3.63) is 29.3 Å². The van der Waals surface area contributed by atoms with E-state index in [4.69, 9.17) is 9.47 Å². The minimum Gasteiger partial charge on any atom is -0.493 e. The second-order valence-corrected chi connectivity index (χ2v) is 5.41. The quantitative estimate of drug-likeness (QED) is 0.847. The van der Waals surface area contributed by atoms with Gasteiger partial charge in [-0.05, 0) is 13.0 Å². The molecule has 0 saturated carbocycles. The van der Waals surface area contributed by atoms with E-state index in [-0.39, 0.29) is 5.56 Å². The van der Waals surface area contributed by atoms with Crippen molar-refractivity contribution in [2.24, 2.45) is 5.92 Å². The van der Waals surface area contributed by atoms with Crippen LogP contribution in [0.15, 0.2) is 12.1 Å². The van der Waals surface area contributed by atoms with Crippen molar-refractivity contribution in [2.45, 2.75) is 37.8 Å². The van der Waals surface area contributed by atoms with Crippen molar-refractivity contribution in [3.8, 4) is 5.75 Å². The number of methoxy groups -OCH3 is 1. The van der Waals surface area contributed by atoms with Crippen LogP contribution in [0.4, 0.5) is 22.0 Å². The summed E-state index contributed by atoms with van der Waals surface area (Å²) in [6.45, 7) is 2.04. The first-order valence-electron chi connectivity index (χ1n) is 6.49. The SMILES string of the molecule is COc1c([C@H]2C(O)O[C@@](C)(C(F)(F)F)[C@H]2C)ccc(F)c1F. The third-order valence-corrected chi connectivity index (χ3v) is 4.29. The molecule has 1 N–H and O–H groups in total. The molecule has 1 heterocycles. The Kier molecular flexibility index (Phi) is 4.12. The zero-order valence-corrected chi connectivity index (χ0v) is 12.0. The van der Waals surface area contributed by atoms with Crippen LogP contribution in [0.1, 0.15) is 25.3 Å². The number of alkyl halides is 3. The van der Waals surface area contributed by atoms with Crippen molar-refractivity contribution < 1.29 is 36.5 Å². The van der Waals surface area contributed by atoms with Gasteiger partial charge in [0.2, 0.25) is 5.82 Å². The van der Waals surface area contributed by atoms with Crippen molar-refractivity contribution in [2.75, 3.05) is 7.11 Å². The van der Waals surface area contributed by atoms with Crippen LogP contribution < -0.4 is 4.74 Å². The molecule has 1 aliphatic heterocycles. The van der Waals surface area contributed by atoms with Crippen LogP contribution in [0.2, 0.25) is 0 Å². The van der Waals surface area contributed by atoms with Crippen LogP contribution in [0.25, 0.3) is 0 Å². The molecule has 1 fully saturated rings. The highest BCUT2D eigenvalue weighted by molar-refractivity contribution is 5.40. The number of ether oxygens (including phenoxy) is 2. The van der Waals surface area contributed by atoms with Gasteiger partial charge in [-0.2, -0.15) is 17.6 Å². The third-order valence-electron chi connectivity index (χ3n) is 4.29. The Balaban J connectivity index is 2.53. The average molecular weight is 326 g/mol. The molecular formula is C14H15F5O3. The summed E-state index contributed by atoms with van der Waals surface area (Å²) in [4.78, 5) is 0. The first-order valence-corrected chi connectivity index (χ1v) is 6.49. The number of hydrogen-bond acceptors (Lipinski definition) is 3. The largest absolute Gasteiger partial charge is 0.493 e. The van der Waals surface area contributed by atoms with Gasteiger partial charge in [0, 0.05) is 17.4 Å². The molecular weight excluding hydrogens is 311 g/mol. The highest BCUT2D eigenvalue weighted by atomic mass is 19.4. The van der Waals surface area contributed by atoms with Crippen molar-refractivity contribution in [1.29, 1.82) is 0 Å². The predicted molar refractivity (Wildman–Crippen MR) is 66.4 cm³/mol. The zero-order valence-electron chi connectivity index (χ0n) is 12.0. The fourth-order valence-electron chi connectivity index (χ4n) is 2.79. The molecule has 1 saturated heterocycles. The minimum absolute atomic E-state index is 0.0747. The van der Waals surface area contributed by atoms with Gasteiger partial charge in [-0.3, -0.25) is 0 Å². The van der Waals surface area contributed by atoms with E-state index >= 15 is 0 Å². The van der Waals surface area contributed by atoms with Gasteiger partial charge in [0.1, 0.15) is 0 Å². The number of halogens is 5. The van der Waals surface area contributed by atoms with E-state index in [0.717, 1.165) is 26.2 Å². The lowest BCUT2D eigenvalue weighted by atomic mass is 9.79. The third kappa shape index (κ3) is 2.34. The fraction of sp³-hybridized carbons (Fsp3) is 0.571. The van der Waals surface area contributed by atoms with Crippen LogP contribution in [-0.2, 0) is 4.74 Å². The van der Waals surface area contributed by atoms with E-state index < -0.39 is 47.3 Å². The molecule has 1 aliphatic rings. The van der Waals surface area contributed by atoms with Gasteiger partial charge in [0.25, 0.3) is 0 Å². The van der Waals surface area contributed by atoms with Crippen LogP contribution in [-0.4, -0.2) is 30.3 Å². The van der Waals surface area contributed by atoms with E-state index in [0.29, 0.717) is 0 Å². The van der Waals surface area contributed by atoms with Gasteiger partial charge in [0.15, 0.2) is 23.5 Å².